The SMILES string of the molecule is FC1CN(c2[c]cccc2)CCO1. The molecule has 0 spiro atoms. The van der Waals surface area contributed by atoms with Crippen molar-refractivity contribution < 1.29 is 9.13 Å². The first-order valence-corrected chi connectivity index (χ1v) is 4.33. The number of morpholine rings is 1. The summed E-state index contributed by atoms with van der Waals surface area (Å²) in [4.78, 5) is 1.94. The molecule has 1 atom stereocenters. The summed E-state index contributed by atoms with van der Waals surface area (Å²) < 4.78 is 17.6. The summed E-state index contributed by atoms with van der Waals surface area (Å²) in [5.41, 5.74) is 0.938. The molecule has 2 rings (SSSR count). The van der Waals surface area contributed by atoms with Crippen LogP contribution >= 0.6 is 0 Å². The molecule has 1 heterocycles. The van der Waals surface area contributed by atoms with Gasteiger partial charge in [0.2, 0.25) is 6.36 Å². The van der Waals surface area contributed by atoms with Gasteiger partial charge in [-0.15, -0.1) is 0 Å². The molecule has 3 heteroatoms. The zero-order chi connectivity index (χ0) is 9.10. The lowest BCUT2D eigenvalue weighted by Gasteiger charge is -2.30. The highest BCUT2D eigenvalue weighted by molar-refractivity contribution is 5.45. The van der Waals surface area contributed by atoms with Gasteiger partial charge in [0.1, 0.15) is 0 Å². The fourth-order valence-electron chi connectivity index (χ4n) is 1.41. The average Bonchev–Trinajstić information content (AvgIpc) is 2.19. The van der Waals surface area contributed by atoms with E-state index in [9.17, 15) is 4.39 Å². The number of benzene rings is 1. The van der Waals surface area contributed by atoms with Gasteiger partial charge in [-0.3, -0.25) is 0 Å². The zero-order valence-corrected chi connectivity index (χ0v) is 7.24. The summed E-state index contributed by atoms with van der Waals surface area (Å²) in [5.74, 6) is 0. The van der Waals surface area contributed by atoms with Gasteiger partial charge in [0.15, 0.2) is 0 Å². The van der Waals surface area contributed by atoms with Gasteiger partial charge in [-0.25, -0.2) is 4.39 Å². The molecule has 1 radical (unpaired) electrons. The van der Waals surface area contributed by atoms with Gasteiger partial charge in [0.05, 0.1) is 13.2 Å². The molecule has 0 aromatic heterocycles. The Balaban J connectivity index is 2.08. The van der Waals surface area contributed by atoms with Crippen LogP contribution in [0.2, 0.25) is 0 Å². The molecule has 1 unspecified atom stereocenters. The van der Waals surface area contributed by atoms with Crippen LogP contribution in [0.25, 0.3) is 0 Å². The smallest absolute Gasteiger partial charge is 0.216 e. The van der Waals surface area contributed by atoms with E-state index in [4.69, 9.17) is 4.74 Å². The molecule has 1 fully saturated rings. The van der Waals surface area contributed by atoms with E-state index in [1.165, 1.54) is 0 Å². The van der Waals surface area contributed by atoms with Crippen molar-refractivity contribution in [3.63, 3.8) is 0 Å². The molecule has 1 aromatic carbocycles. The van der Waals surface area contributed by atoms with E-state index in [1.54, 1.807) is 0 Å². The predicted molar refractivity (Wildman–Crippen MR) is 48.3 cm³/mol. The number of para-hydroxylation sites is 1. The highest BCUT2D eigenvalue weighted by Crippen LogP contribution is 2.16. The number of rotatable bonds is 1. The molecule has 1 aliphatic rings. The Bertz CT molecular complexity index is 265. The van der Waals surface area contributed by atoms with Crippen LogP contribution in [0, 0.1) is 6.07 Å². The van der Waals surface area contributed by atoms with E-state index in [1.807, 2.05) is 29.2 Å². The Morgan fingerprint density at radius 3 is 3.15 bits per heavy atom. The standard InChI is InChI=1S/C10H11FNO/c11-10-8-12(6-7-13-10)9-4-2-1-3-5-9/h1-4,10H,6-8H2. The first-order valence-electron chi connectivity index (χ1n) is 4.33. The van der Waals surface area contributed by atoms with Crippen molar-refractivity contribution in [3.8, 4) is 0 Å². The van der Waals surface area contributed by atoms with Gasteiger partial charge >= 0.3 is 0 Å². The molecular weight excluding hydrogens is 169 g/mol. The third-order valence-electron chi connectivity index (χ3n) is 2.06. The van der Waals surface area contributed by atoms with Crippen LogP contribution < -0.4 is 4.90 Å². The molecule has 69 valence electrons. The lowest BCUT2D eigenvalue weighted by Crippen LogP contribution is -2.40. The van der Waals surface area contributed by atoms with Crippen LogP contribution in [-0.4, -0.2) is 26.1 Å². The molecule has 1 aromatic rings. The number of hydrogen-bond donors (Lipinski definition) is 0. The van der Waals surface area contributed by atoms with E-state index in [0.717, 1.165) is 12.2 Å². The minimum Gasteiger partial charge on any atom is -0.363 e. The fourth-order valence-corrected chi connectivity index (χ4v) is 1.41. The molecule has 0 saturated carbocycles. The molecule has 13 heavy (non-hydrogen) atoms. The summed E-state index contributed by atoms with van der Waals surface area (Å²) >= 11 is 0. The maximum atomic E-state index is 12.8. The molecule has 1 saturated heterocycles. The molecule has 0 bridgehead atoms. The van der Waals surface area contributed by atoms with Crippen LogP contribution in [0.3, 0.4) is 0 Å². The Labute approximate surface area is 76.9 Å². The topological polar surface area (TPSA) is 12.5 Å². The Morgan fingerprint density at radius 2 is 2.46 bits per heavy atom. The number of halogens is 1. The van der Waals surface area contributed by atoms with Crippen molar-refractivity contribution in [1.29, 1.82) is 0 Å². The number of nitrogens with zero attached hydrogens (tertiary/aromatic N) is 1. The summed E-state index contributed by atoms with van der Waals surface area (Å²) in [5, 5.41) is 0. The number of anilines is 1. The second-order valence-electron chi connectivity index (χ2n) is 2.97. The maximum absolute atomic E-state index is 12.8. The highest BCUT2D eigenvalue weighted by atomic mass is 19.1. The van der Waals surface area contributed by atoms with Crippen molar-refractivity contribution in [2.75, 3.05) is 24.6 Å². The van der Waals surface area contributed by atoms with Gasteiger partial charge in [-0.2, -0.15) is 0 Å². The Hall–Kier alpha value is -1.09. The average molecular weight is 180 g/mol. The van der Waals surface area contributed by atoms with Crippen molar-refractivity contribution in [2.24, 2.45) is 0 Å². The van der Waals surface area contributed by atoms with Gasteiger partial charge in [0.25, 0.3) is 0 Å². The first kappa shape index (κ1) is 8.51. The van der Waals surface area contributed by atoms with E-state index in [0.29, 0.717) is 13.2 Å². The Kier molecular flexibility index (Phi) is 2.45. The molecule has 0 aliphatic carbocycles. The van der Waals surface area contributed by atoms with Gasteiger partial charge in [-0.1, -0.05) is 18.2 Å². The monoisotopic (exact) mass is 180 g/mol. The third kappa shape index (κ3) is 1.98. The van der Waals surface area contributed by atoms with Crippen molar-refractivity contribution >= 4 is 5.69 Å². The number of alkyl halides is 1. The maximum Gasteiger partial charge on any atom is 0.216 e. The summed E-state index contributed by atoms with van der Waals surface area (Å²) in [6.45, 7) is 1.49. The quantitative estimate of drug-likeness (QED) is 0.651. The van der Waals surface area contributed by atoms with Gasteiger partial charge in [-0.05, 0) is 6.07 Å². The van der Waals surface area contributed by atoms with E-state index < -0.39 is 6.36 Å². The number of ether oxygens (including phenoxy) is 1. The first-order chi connectivity index (χ1) is 6.36. The summed E-state index contributed by atoms with van der Waals surface area (Å²) in [6.07, 6.45) is -1.16. The highest BCUT2D eigenvalue weighted by Gasteiger charge is 2.19. The second kappa shape index (κ2) is 3.75. The second-order valence-corrected chi connectivity index (χ2v) is 2.97. The van der Waals surface area contributed by atoms with Crippen LogP contribution in [0.1, 0.15) is 0 Å². The van der Waals surface area contributed by atoms with Crippen molar-refractivity contribution in [3.05, 3.63) is 30.3 Å². The molecule has 2 nitrogen and oxygen atoms in total. The lowest BCUT2D eigenvalue weighted by atomic mass is 10.2. The van der Waals surface area contributed by atoms with Crippen LogP contribution in [0.4, 0.5) is 10.1 Å². The van der Waals surface area contributed by atoms with Crippen molar-refractivity contribution in [1.82, 2.24) is 0 Å². The molecule has 0 amide bonds. The van der Waals surface area contributed by atoms with Gasteiger partial charge in [0, 0.05) is 18.3 Å². The predicted octanol–water partition coefficient (Wildman–Crippen LogP) is 1.62. The van der Waals surface area contributed by atoms with Crippen LogP contribution in [-0.2, 0) is 4.74 Å². The van der Waals surface area contributed by atoms with Crippen LogP contribution in [0.15, 0.2) is 24.3 Å². The largest absolute Gasteiger partial charge is 0.363 e. The fraction of sp³-hybridized carbons (Fsp3) is 0.400. The zero-order valence-electron chi connectivity index (χ0n) is 7.24. The van der Waals surface area contributed by atoms with Crippen molar-refractivity contribution in [2.45, 2.75) is 6.36 Å². The van der Waals surface area contributed by atoms with Gasteiger partial charge < -0.3 is 9.64 Å². The minimum atomic E-state index is -1.16. The minimum absolute atomic E-state index is 0.306. The summed E-state index contributed by atoms with van der Waals surface area (Å²) in [7, 11) is 0. The third-order valence-corrected chi connectivity index (χ3v) is 2.06. The Morgan fingerprint density at radius 1 is 1.54 bits per heavy atom. The van der Waals surface area contributed by atoms with E-state index in [2.05, 4.69) is 6.07 Å². The van der Waals surface area contributed by atoms with E-state index in [-0.39, 0.29) is 0 Å². The molecular formula is C10H11FNO. The van der Waals surface area contributed by atoms with E-state index >= 15 is 0 Å². The molecule has 0 N–H and O–H groups in total. The summed E-state index contributed by atoms with van der Waals surface area (Å²) in [6, 6.07) is 10.6. The van der Waals surface area contributed by atoms with Crippen LogP contribution in [0.5, 0.6) is 0 Å². The number of hydrogen-bond acceptors (Lipinski definition) is 2. The molecule has 1 aliphatic heterocycles. The normalized spacial score (nSPS) is 23.2. The lowest BCUT2D eigenvalue weighted by molar-refractivity contribution is -0.0465.